The molecule has 0 fully saturated rings. The molecule has 0 aliphatic heterocycles. The summed E-state index contributed by atoms with van der Waals surface area (Å²) in [6, 6.07) is 0. The van der Waals surface area contributed by atoms with E-state index in [9.17, 15) is 0 Å². The Bertz CT molecular complexity index is 93.1. The van der Waals surface area contributed by atoms with Crippen molar-refractivity contribution in [2.24, 2.45) is 0 Å². The molecule has 0 aliphatic rings. The third-order valence-electron chi connectivity index (χ3n) is 2.83. The topological polar surface area (TPSA) is 60.7 Å². The number of aliphatic hydroxyl groups is 3. The van der Waals surface area contributed by atoms with Crippen LogP contribution in [0, 0.1) is 0 Å². The standard InChI is InChI=1S/3C5H12O/c3*1-3-5(6)4-2/h3*5-6H,3-4H2,1-2H3. The SMILES string of the molecule is CCC(O)CC.CCC(O)CC.CCC(O)CC. The Labute approximate surface area is 114 Å². The van der Waals surface area contributed by atoms with Crippen LogP contribution in [0.5, 0.6) is 0 Å². The molecule has 0 heterocycles. The van der Waals surface area contributed by atoms with E-state index in [2.05, 4.69) is 0 Å². The molecule has 0 radical (unpaired) electrons. The zero-order chi connectivity index (χ0) is 15.0. The predicted octanol–water partition coefficient (Wildman–Crippen LogP) is 3.50. The Balaban J connectivity index is -0.000000187. The molecule has 3 N–H and O–H groups in total. The van der Waals surface area contributed by atoms with Gasteiger partial charge in [0.15, 0.2) is 0 Å². The van der Waals surface area contributed by atoms with Gasteiger partial charge in [-0.3, -0.25) is 0 Å². The number of aliphatic hydroxyl groups excluding tert-OH is 3. The molecule has 0 rings (SSSR count). The van der Waals surface area contributed by atoms with Crippen LogP contribution in [0.4, 0.5) is 0 Å². The second-order valence-corrected chi connectivity index (χ2v) is 4.41. The molecule has 0 aliphatic carbocycles. The number of rotatable bonds is 6. The van der Waals surface area contributed by atoms with Crippen LogP contribution in [-0.2, 0) is 0 Å². The van der Waals surface area contributed by atoms with Crippen molar-refractivity contribution in [2.75, 3.05) is 0 Å². The summed E-state index contributed by atoms with van der Waals surface area (Å²) in [7, 11) is 0. The maximum atomic E-state index is 8.67. The Morgan fingerprint density at radius 1 is 0.444 bits per heavy atom. The fourth-order valence-corrected chi connectivity index (χ4v) is 0.866. The first-order valence-corrected chi connectivity index (χ1v) is 7.47. The molecule has 0 amide bonds. The fraction of sp³-hybridized carbons (Fsp3) is 1.00. The molecule has 0 saturated heterocycles. The zero-order valence-electron chi connectivity index (χ0n) is 13.3. The van der Waals surface area contributed by atoms with Gasteiger partial charge < -0.3 is 15.3 Å². The maximum absolute atomic E-state index is 8.67. The molecule has 0 atom stereocenters. The highest BCUT2D eigenvalue weighted by atomic mass is 16.3. The molecule has 3 nitrogen and oxygen atoms in total. The molecule has 0 aromatic rings. The summed E-state index contributed by atoms with van der Waals surface area (Å²) in [5, 5.41) is 26.0. The highest BCUT2D eigenvalue weighted by molar-refractivity contribution is 4.44. The van der Waals surface area contributed by atoms with Crippen LogP contribution < -0.4 is 0 Å². The summed E-state index contributed by atoms with van der Waals surface area (Å²) >= 11 is 0. The van der Waals surface area contributed by atoms with Gasteiger partial charge in [-0.05, 0) is 38.5 Å². The summed E-state index contributed by atoms with van der Waals surface area (Å²) in [5.41, 5.74) is 0. The first-order chi connectivity index (χ1) is 8.42. The summed E-state index contributed by atoms with van der Waals surface area (Å²) < 4.78 is 0. The van der Waals surface area contributed by atoms with Crippen molar-refractivity contribution in [3.8, 4) is 0 Å². The van der Waals surface area contributed by atoms with E-state index in [1.807, 2.05) is 41.5 Å². The zero-order valence-corrected chi connectivity index (χ0v) is 13.3. The molecule has 0 unspecified atom stereocenters. The minimum atomic E-state index is -0.0648. The van der Waals surface area contributed by atoms with Crippen molar-refractivity contribution >= 4 is 0 Å². The Hall–Kier alpha value is -0.120. The van der Waals surface area contributed by atoms with Crippen LogP contribution in [0.15, 0.2) is 0 Å². The highest BCUT2D eigenvalue weighted by Crippen LogP contribution is 1.93. The lowest BCUT2D eigenvalue weighted by atomic mass is 10.2. The summed E-state index contributed by atoms with van der Waals surface area (Å²) in [6.07, 6.45) is 5.12. The van der Waals surface area contributed by atoms with Crippen molar-refractivity contribution in [3.05, 3.63) is 0 Å². The van der Waals surface area contributed by atoms with Crippen LogP contribution in [0.2, 0.25) is 0 Å². The van der Waals surface area contributed by atoms with E-state index in [1.165, 1.54) is 0 Å². The average Bonchev–Trinajstić information content (AvgIpc) is 2.45. The van der Waals surface area contributed by atoms with Gasteiger partial charge in [-0.25, -0.2) is 0 Å². The van der Waals surface area contributed by atoms with Crippen molar-refractivity contribution < 1.29 is 15.3 Å². The van der Waals surface area contributed by atoms with Crippen LogP contribution in [0.3, 0.4) is 0 Å². The van der Waals surface area contributed by atoms with Gasteiger partial charge in [0.1, 0.15) is 0 Å². The molecule has 0 aromatic heterocycles. The van der Waals surface area contributed by atoms with Crippen LogP contribution in [0.1, 0.15) is 80.1 Å². The Morgan fingerprint density at radius 2 is 0.556 bits per heavy atom. The van der Waals surface area contributed by atoms with E-state index < -0.39 is 0 Å². The van der Waals surface area contributed by atoms with Crippen molar-refractivity contribution in [3.63, 3.8) is 0 Å². The second-order valence-electron chi connectivity index (χ2n) is 4.41. The van der Waals surface area contributed by atoms with Gasteiger partial charge in [0, 0.05) is 0 Å². The molecular formula is C15H36O3. The van der Waals surface area contributed by atoms with Gasteiger partial charge in [0.2, 0.25) is 0 Å². The van der Waals surface area contributed by atoms with Gasteiger partial charge in [-0.1, -0.05) is 41.5 Å². The first kappa shape index (κ1) is 23.0. The minimum absolute atomic E-state index is 0.0648. The van der Waals surface area contributed by atoms with E-state index >= 15 is 0 Å². The smallest absolute Gasteiger partial charge is 0.0535 e. The third-order valence-corrected chi connectivity index (χ3v) is 2.83. The molecular weight excluding hydrogens is 228 g/mol. The van der Waals surface area contributed by atoms with E-state index in [-0.39, 0.29) is 18.3 Å². The third kappa shape index (κ3) is 24.9. The summed E-state index contributed by atoms with van der Waals surface area (Å²) in [5.74, 6) is 0. The van der Waals surface area contributed by atoms with Crippen LogP contribution in [0.25, 0.3) is 0 Å². The average molecular weight is 264 g/mol. The fourth-order valence-electron chi connectivity index (χ4n) is 0.866. The van der Waals surface area contributed by atoms with Crippen molar-refractivity contribution in [1.29, 1.82) is 0 Å². The van der Waals surface area contributed by atoms with Crippen molar-refractivity contribution in [2.45, 2.75) is 98.4 Å². The lowest BCUT2D eigenvalue weighted by Gasteiger charge is -1.98. The Kier molecular flexibility index (Phi) is 24.6. The number of hydrogen-bond donors (Lipinski definition) is 3. The molecule has 18 heavy (non-hydrogen) atoms. The van der Waals surface area contributed by atoms with Gasteiger partial charge >= 0.3 is 0 Å². The Morgan fingerprint density at radius 3 is 0.556 bits per heavy atom. The molecule has 0 saturated carbocycles. The van der Waals surface area contributed by atoms with Crippen LogP contribution in [-0.4, -0.2) is 33.6 Å². The highest BCUT2D eigenvalue weighted by Gasteiger charge is 1.91. The lowest BCUT2D eigenvalue weighted by Crippen LogP contribution is -1.99. The monoisotopic (exact) mass is 264 g/mol. The van der Waals surface area contributed by atoms with Gasteiger partial charge in [-0.15, -0.1) is 0 Å². The van der Waals surface area contributed by atoms with Gasteiger partial charge in [0.05, 0.1) is 18.3 Å². The quantitative estimate of drug-likeness (QED) is 0.688. The van der Waals surface area contributed by atoms with Gasteiger partial charge in [0.25, 0.3) is 0 Å². The van der Waals surface area contributed by atoms with E-state index in [1.54, 1.807) is 0 Å². The van der Waals surface area contributed by atoms with Crippen molar-refractivity contribution in [1.82, 2.24) is 0 Å². The molecule has 0 aromatic carbocycles. The molecule has 0 spiro atoms. The normalized spacial score (nSPS) is 10.0. The second kappa shape index (κ2) is 19.2. The predicted molar refractivity (Wildman–Crippen MR) is 79.8 cm³/mol. The summed E-state index contributed by atoms with van der Waals surface area (Å²) in [4.78, 5) is 0. The number of hydrogen-bond acceptors (Lipinski definition) is 3. The largest absolute Gasteiger partial charge is 0.393 e. The van der Waals surface area contributed by atoms with Crippen LogP contribution >= 0.6 is 0 Å². The molecule has 3 heteroatoms. The summed E-state index contributed by atoms with van der Waals surface area (Å²) in [6.45, 7) is 11.9. The van der Waals surface area contributed by atoms with E-state index in [0.717, 1.165) is 38.5 Å². The maximum Gasteiger partial charge on any atom is 0.0535 e. The lowest BCUT2D eigenvalue weighted by molar-refractivity contribution is 0.166. The molecule has 114 valence electrons. The first-order valence-electron chi connectivity index (χ1n) is 7.47. The minimum Gasteiger partial charge on any atom is -0.393 e. The van der Waals surface area contributed by atoms with E-state index in [4.69, 9.17) is 15.3 Å². The van der Waals surface area contributed by atoms with Gasteiger partial charge in [-0.2, -0.15) is 0 Å². The molecule has 0 bridgehead atoms. The van der Waals surface area contributed by atoms with E-state index in [0.29, 0.717) is 0 Å².